The summed E-state index contributed by atoms with van der Waals surface area (Å²) in [4.78, 5) is 5.25. The number of nitrogens with zero attached hydrogens (tertiary/aromatic N) is 2. The van der Waals surface area contributed by atoms with Gasteiger partial charge in [-0.25, -0.2) is 4.98 Å². The fraction of sp³-hybridized carbons (Fsp3) is 0.222. The zero-order valence-electron chi connectivity index (χ0n) is 13.9. The Kier molecular flexibility index (Phi) is 4.40. The fourth-order valence-electron chi connectivity index (χ4n) is 2.80. The van der Waals surface area contributed by atoms with Crippen LogP contribution in [0.3, 0.4) is 0 Å². The van der Waals surface area contributed by atoms with E-state index in [1.54, 1.807) is 14.2 Å². The molecule has 0 aliphatic heterocycles. The molecule has 0 aliphatic carbocycles. The number of fused-ring (bicyclic) bond motifs is 1. The molecule has 2 aromatic heterocycles. The van der Waals surface area contributed by atoms with Crippen LogP contribution < -0.4 is 15.2 Å². The van der Waals surface area contributed by atoms with E-state index in [-0.39, 0.29) is 0 Å². The highest BCUT2D eigenvalue weighted by molar-refractivity contribution is 7.80. The second-order valence-electron chi connectivity index (χ2n) is 5.50. The third-order valence-electron chi connectivity index (χ3n) is 3.94. The van der Waals surface area contributed by atoms with Crippen molar-refractivity contribution in [1.82, 2.24) is 9.38 Å². The number of thiocarbonyl (C=S) groups is 1. The predicted molar refractivity (Wildman–Crippen MR) is 99.0 cm³/mol. The number of benzene rings is 1. The summed E-state index contributed by atoms with van der Waals surface area (Å²) in [5.74, 6) is 1.34. The predicted octanol–water partition coefficient (Wildman–Crippen LogP) is 3.16. The first-order chi connectivity index (χ1) is 11.5. The number of ether oxygens (including phenoxy) is 2. The number of rotatable bonds is 5. The van der Waals surface area contributed by atoms with Crippen molar-refractivity contribution >= 4 is 22.9 Å². The number of aromatic nitrogens is 2. The minimum Gasteiger partial charge on any atom is -0.493 e. The first kappa shape index (κ1) is 16.3. The minimum absolute atomic E-state index is 0.431. The highest BCUT2D eigenvalue weighted by Gasteiger charge is 2.17. The number of aryl methyl sites for hydroxylation is 1. The van der Waals surface area contributed by atoms with Gasteiger partial charge in [0.2, 0.25) is 0 Å². The van der Waals surface area contributed by atoms with Crippen molar-refractivity contribution in [2.75, 3.05) is 14.2 Å². The van der Waals surface area contributed by atoms with Crippen LogP contribution in [0.4, 0.5) is 0 Å². The van der Waals surface area contributed by atoms with E-state index in [0.717, 1.165) is 28.2 Å². The summed E-state index contributed by atoms with van der Waals surface area (Å²) in [6.07, 6.45) is 2.46. The molecule has 0 amide bonds. The normalized spacial score (nSPS) is 10.8. The largest absolute Gasteiger partial charge is 0.493 e. The molecule has 0 spiro atoms. The van der Waals surface area contributed by atoms with Gasteiger partial charge < -0.3 is 19.6 Å². The van der Waals surface area contributed by atoms with Crippen LogP contribution in [0.25, 0.3) is 16.9 Å². The first-order valence-corrected chi connectivity index (χ1v) is 7.93. The molecule has 0 unspecified atom stereocenters. The van der Waals surface area contributed by atoms with Gasteiger partial charge in [-0.1, -0.05) is 18.3 Å². The van der Waals surface area contributed by atoms with Gasteiger partial charge in [-0.05, 0) is 36.8 Å². The monoisotopic (exact) mass is 341 g/mol. The lowest BCUT2D eigenvalue weighted by molar-refractivity contribution is 0.355. The molecule has 124 valence electrons. The lowest BCUT2D eigenvalue weighted by Gasteiger charge is -2.10. The Morgan fingerprint density at radius 2 is 1.96 bits per heavy atom. The quantitative estimate of drug-likeness (QED) is 0.722. The fourth-order valence-corrected chi connectivity index (χ4v) is 2.94. The van der Waals surface area contributed by atoms with E-state index in [1.807, 2.05) is 47.9 Å². The van der Waals surface area contributed by atoms with Gasteiger partial charge in [0.15, 0.2) is 11.5 Å². The van der Waals surface area contributed by atoms with Crippen molar-refractivity contribution in [1.29, 1.82) is 0 Å². The summed E-state index contributed by atoms with van der Waals surface area (Å²) in [5.41, 5.74) is 10.5. The molecule has 5 nitrogen and oxygen atoms in total. The van der Waals surface area contributed by atoms with Crippen LogP contribution in [0, 0.1) is 6.92 Å². The molecular weight excluding hydrogens is 322 g/mol. The second kappa shape index (κ2) is 6.49. The van der Waals surface area contributed by atoms with Gasteiger partial charge in [0.1, 0.15) is 5.65 Å². The minimum atomic E-state index is 0.431. The smallest absolute Gasteiger partial charge is 0.161 e. The van der Waals surface area contributed by atoms with Gasteiger partial charge in [-0.3, -0.25) is 0 Å². The highest BCUT2D eigenvalue weighted by atomic mass is 32.1. The zero-order chi connectivity index (χ0) is 17.3. The van der Waals surface area contributed by atoms with Crippen LogP contribution >= 0.6 is 12.2 Å². The lowest BCUT2D eigenvalue weighted by Crippen LogP contribution is -2.13. The number of methoxy groups -OCH3 is 2. The van der Waals surface area contributed by atoms with Crippen molar-refractivity contribution in [3.05, 3.63) is 47.8 Å². The molecule has 1 aromatic carbocycles. The molecule has 2 heterocycles. The Hall–Kier alpha value is -2.60. The van der Waals surface area contributed by atoms with Crippen molar-refractivity contribution in [3.63, 3.8) is 0 Å². The van der Waals surface area contributed by atoms with Gasteiger partial charge >= 0.3 is 0 Å². The summed E-state index contributed by atoms with van der Waals surface area (Å²) in [6.45, 7) is 2.03. The van der Waals surface area contributed by atoms with Crippen LogP contribution in [0.5, 0.6) is 11.5 Å². The maximum Gasteiger partial charge on any atom is 0.161 e. The van der Waals surface area contributed by atoms with Gasteiger partial charge in [0, 0.05) is 18.2 Å². The number of pyridine rings is 1. The van der Waals surface area contributed by atoms with E-state index < -0.39 is 0 Å². The number of nitrogens with two attached hydrogens (primary N) is 1. The lowest BCUT2D eigenvalue weighted by atomic mass is 10.1. The Balaban J connectivity index is 2.25. The van der Waals surface area contributed by atoms with Crippen molar-refractivity contribution in [3.8, 4) is 22.8 Å². The standard InChI is InChI=1S/C18H19N3O2S/c1-11-5-4-8-21-13(10-16(19)24)17(20-18(11)21)12-6-7-14(22-2)15(9-12)23-3/h4-9H,10H2,1-3H3,(H2,19,24). The second-order valence-corrected chi connectivity index (χ2v) is 6.03. The average Bonchev–Trinajstić information content (AvgIpc) is 2.93. The topological polar surface area (TPSA) is 61.8 Å². The van der Waals surface area contributed by atoms with Crippen LogP contribution in [0.15, 0.2) is 36.5 Å². The zero-order valence-corrected chi connectivity index (χ0v) is 14.7. The molecule has 0 radical (unpaired) electrons. The van der Waals surface area contributed by atoms with Crippen LogP contribution in [0.1, 0.15) is 11.3 Å². The molecule has 3 aromatic rings. The summed E-state index contributed by atoms with van der Waals surface area (Å²) < 4.78 is 12.8. The van der Waals surface area contributed by atoms with E-state index >= 15 is 0 Å². The Bertz CT molecular complexity index is 918. The summed E-state index contributed by atoms with van der Waals surface area (Å²) in [6, 6.07) is 9.77. The number of imidazole rings is 1. The van der Waals surface area contributed by atoms with E-state index in [1.165, 1.54) is 0 Å². The molecule has 3 rings (SSSR count). The third-order valence-corrected chi connectivity index (χ3v) is 4.09. The molecule has 24 heavy (non-hydrogen) atoms. The highest BCUT2D eigenvalue weighted by Crippen LogP contribution is 2.34. The van der Waals surface area contributed by atoms with E-state index in [2.05, 4.69) is 0 Å². The molecule has 0 saturated heterocycles. The molecule has 0 fully saturated rings. The Labute approximate surface area is 146 Å². The number of hydrogen-bond acceptors (Lipinski definition) is 4. The van der Waals surface area contributed by atoms with E-state index in [0.29, 0.717) is 22.9 Å². The molecule has 0 saturated carbocycles. The van der Waals surface area contributed by atoms with Gasteiger partial charge in [-0.15, -0.1) is 0 Å². The van der Waals surface area contributed by atoms with Crippen molar-refractivity contribution < 1.29 is 9.47 Å². The van der Waals surface area contributed by atoms with Crippen molar-refractivity contribution in [2.24, 2.45) is 5.73 Å². The van der Waals surface area contributed by atoms with Crippen LogP contribution in [-0.4, -0.2) is 28.6 Å². The van der Waals surface area contributed by atoms with Gasteiger partial charge in [0.05, 0.1) is 30.6 Å². The molecule has 2 N–H and O–H groups in total. The molecular formula is C18H19N3O2S. The Morgan fingerprint density at radius 3 is 2.62 bits per heavy atom. The van der Waals surface area contributed by atoms with Gasteiger partial charge in [0.25, 0.3) is 0 Å². The summed E-state index contributed by atoms with van der Waals surface area (Å²) in [5, 5.41) is 0. The molecule has 6 heteroatoms. The molecule has 0 aliphatic rings. The maximum absolute atomic E-state index is 5.81. The average molecular weight is 341 g/mol. The van der Waals surface area contributed by atoms with Crippen molar-refractivity contribution in [2.45, 2.75) is 13.3 Å². The first-order valence-electron chi connectivity index (χ1n) is 7.52. The Morgan fingerprint density at radius 1 is 1.21 bits per heavy atom. The molecule has 0 atom stereocenters. The summed E-state index contributed by atoms with van der Waals surface area (Å²) in [7, 11) is 3.23. The maximum atomic E-state index is 5.81. The number of hydrogen-bond donors (Lipinski definition) is 1. The molecule has 0 bridgehead atoms. The van der Waals surface area contributed by atoms with Gasteiger partial charge in [-0.2, -0.15) is 0 Å². The van der Waals surface area contributed by atoms with Crippen LogP contribution in [0.2, 0.25) is 0 Å². The summed E-state index contributed by atoms with van der Waals surface area (Å²) >= 11 is 5.13. The SMILES string of the molecule is COc1ccc(-c2nc3c(C)cccn3c2CC(N)=S)cc1OC. The van der Waals surface area contributed by atoms with Crippen LogP contribution in [-0.2, 0) is 6.42 Å². The van der Waals surface area contributed by atoms with E-state index in [9.17, 15) is 0 Å². The van der Waals surface area contributed by atoms with E-state index in [4.69, 9.17) is 32.4 Å². The third kappa shape index (κ3) is 2.80.